The standard InChI is InChI=1S/C18H26N4O4/c1-11-19-17(26-21-11)18-7-14(20-16(24)12-4-3-5-12)6-13(18)8-22(10-18)15(23)9-25-2/h12-14H,3-10H2,1-2H3,(H,20,24)/t13-,14+,18-/m0/s1. The number of ether oxygens (including phenoxy) is 1. The summed E-state index contributed by atoms with van der Waals surface area (Å²) < 4.78 is 10.5. The normalized spacial score (nSPS) is 30.9. The van der Waals surface area contributed by atoms with Gasteiger partial charge in [-0.05, 0) is 38.5 Å². The smallest absolute Gasteiger partial charge is 0.248 e. The van der Waals surface area contributed by atoms with Crippen molar-refractivity contribution in [2.45, 2.75) is 50.5 Å². The number of carbonyl (C=O) groups is 2. The fraction of sp³-hybridized carbons (Fsp3) is 0.778. The summed E-state index contributed by atoms with van der Waals surface area (Å²) in [5.74, 6) is 1.72. The molecule has 2 aliphatic carbocycles. The largest absolute Gasteiger partial charge is 0.375 e. The predicted molar refractivity (Wildman–Crippen MR) is 91.2 cm³/mol. The lowest BCUT2D eigenvalue weighted by Crippen LogP contribution is -2.43. The van der Waals surface area contributed by atoms with Gasteiger partial charge in [0.1, 0.15) is 6.61 Å². The Morgan fingerprint density at radius 2 is 2.23 bits per heavy atom. The van der Waals surface area contributed by atoms with Gasteiger partial charge >= 0.3 is 0 Å². The summed E-state index contributed by atoms with van der Waals surface area (Å²) in [6, 6.07) is 0.0972. The van der Waals surface area contributed by atoms with Crippen LogP contribution in [0.5, 0.6) is 0 Å². The van der Waals surface area contributed by atoms with Gasteiger partial charge in [0.15, 0.2) is 5.82 Å². The van der Waals surface area contributed by atoms with Crippen LogP contribution in [-0.4, -0.2) is 59.7 Å². The number of nitrogens with one attached hydrogen (secondary N) is 1. The number of aromatic nitrogens is 2. The van der Waals surface area contributed by atoms with E-state index in [2.05, 4.69) is 15.5 Å². The first-order valence-corrected chi connectivity index (χ1v) is 9.39. The summed E-state index contributed by atoms with van der Waals surface area (Å²) in [5, 5.41) is 7.18. The Kier molecular flexibility index (Phi) is 4.46. The highest BCUT2D eigenvalue weighted by molar-refractivity contribution is 5.80. The molecule has 2 amide bonds. The van der Waals surface area contributed by atoms with E-state index in [0.717, 1.165) is 32.1 Å². The van der Waals surface area contributed by atoms with Crippen LogP contribution in [0.25, 0.3) is 0 Å². The molecule has 4 rings (SSSR count). The van der Waals surface area contributed by atoms with Gasteiger partial charge in [-0.25, -0.2) is 0 Å². The Bertz CT molecular complexity index is 701. The summed E-state index contributed by atoms with van der Waals surface area (Å²) in [6.45, 7) is 3.05. The number of hydrogen-bond donors (Lipinski definition) is 1. The van der Waals surface area contributed by atoms with Crippen LogP contribution in [0, 0.1) is 18.8 Å². The predicted octanol–water partition coefficient (Wildman–Crippen LogP) is 0.799. The number of rotatable bonds is 5. The van der Waals surface area contributed by atoms with Crippen molar-refractivity contribution in [2.75, 3.05) is 26.8 Å². The van der Waals surface area contributed by atoms with Crippen LogP contribution < -0.4 is 5.32 Å². The highest BCUT2D eigenvalue weighted by Crippen LogP contribution is 2.50. The molecule has 3 aliphatic rings. The molecule has 8 nitrogen and oxygen atoms in total. The van der Waals surface area contributed by atoms with Crippen LogP contribution >= 0.6 is 0 Å². The summed E-state index contributed by atoms with van der Waals surface area (Å²) in [5.41, 5.74) is -0.373. The molecular weight excluding hydrogens is 336 g/mol. The van der Waals surface area contributed by atoms with E-state index in [1.165, 1.54) is 7.11 Å². The van der Waals surface area contributed by atoms with Crippen molar-refractivity contribution in [2.24, 2.45) is 11.8 Å². The molecule has 3 atom stereocenters. The van der Waals surface area contributed by atoms with Crippen molar-refractivity contribution >= 4 is 11.8 Å². The molecule has 1 aliphatic heterocycles. The topological polar surface area (TPSA) is 97.6 Å². The van der Waals surface area contributed by atoms with E-state index in [0.29, 0.717) is 24.8 Å². The molecule has 2 heterocycles. The minimum atomic E-state index is -0.373. The minimum absolute atomic E-state index is 0.0208. The second kappa shape index (κ2) is 6.64. The first-order valence-electron chi connectivity index (χ1n) is 9.39. The van der Waals surface area contributed by atoms with E-state index in [1.807, 2.05) is 4.90 Å². The Labute approximate surface area is 152 Å². The molecule has 1 aromatic heterocycles. The van der Waals surface area contributed by atoms with E-state index in [1.54, 1.807) is 6.92 Å². The van der Waals surface area contributed by atoms with Crippen molar-refractivity contribution in [1.82, 2.24) is 20.4 Å². The highest BCUT2D eigenvalue weighted by Gasteiger charge is 2.58. The van der Waals surface area contributed by atoms with E-state index >= 15 is 0 Å². The van der Waals surface area contributed by atoms with Crippen LogP contribution in [0.4, 0.5) is 0 Å². The average Bonchev–Trinajstić information content (AvgIpc) is 3.18. The van der Waals surface area contributed by atoms with Crippen molar-refractivity contribution in [3.05, 3.63) is 11.7 Å². The van der Waals surface area contributed by atoms with Gasteiger partial charge < -0.3 is 19.5 Å². The van der Waals surface area contributed by atoms with Gasteiger partial charge in [-0.2, -0.15) is 4.98 Å². The second-order valence-corrected chi connectivity index (χ2v) is 7.98. The monoisotopic (exact) mass is 362 g/mol. The first-order chi connectivity index (χ1) is 12.5. The zero-order valence-electron chi connectivity index (χ0n) is 15.4. The van der Waals surface area contributed by atoms with Crippen molar-refractivity contribution in [3.8, 4) is 0 Å². The Morgan fingerprint density at radius 3 is 2.85 bits per heavy atom. The first kappa shape index (κ1) is 17.5. The number of hydrogen-bond acceptors (Lipinski definition) is 6. The van der Waals surface area contributed by atoms with Crippen molar-refractivity contribution in [1.29, 1.82) is 0 Å². The fourth-order valence-corrected chi connectivity index (χ4v) is 4.71. The van der Waals surface area contributed by atoms with Crippen LogP contribution in [-0.2, 0) is 19.7 Å². The fourth-order valence-electron chi connectivity index (χ4n) is 4.71. The molecule has 0 spiro atoms. The number of nitrogens with zero attached hydrogens (tertiary/aromatic N) is 3. The second-order valence-electron chi connectivity index (χ2n) is 7.98. The number of fused-ring (bicyclic) bond motifs is 1. The number of carbonyl (C=O) groups excluding carboxylic acids is 2. The molecule has 26 heavy (non-hydrogen) atoms. The molecule has 2 saturated carbocycles. The van der Waals surface area contributed by atoms with E-state index < -0.39 is 0 Å². The van der Waals surface area contributed by atoms with Crippen LogP contribution in [0.2, 0.25) is 0 Å². The zero-order valence-corrected chi connectivity index (χ0v) is 15.4. The van der Waals surface area contributed by atoms with Crippen molar-refractivity contribution < 1.29 is 18.8 Å². The SMILES string of the molecule is COCC(=O)N1C[C@@H]2C[C@@H](NC(=O)C3CCC3)C[C@]2(c2nc(C)no2)C1. The Hall–Kier alpha value is -1.96. The molecule has 1 N–H and O–H groups in total. The lowest BCUT2D eigenvalue weighted by atomic mass is 9.80. The van der Waals surface area contributed by atoms with E-state index in [-0.39, 0.29) is 41.7 Å². The van der Waals surface area contributed by atoms with Gasteiger partial charge in [-0.15, -0.1) is 0 Å². The molecule has 0 radical (unpaired) electrons. The molecule has 142 valence electrons. The third-order valence-corrected chi connectivity index (χ3v) is 6.27. The van der Waals surface area contributed by atoms with Crippen molar-refractivity contribution in [3.63, 3.8) is 0 Å². The van der Waals surface area contributed by atoms with Gasteiger partial charge in [0.05, 0.1) is 5.41 Å². The quantitative estimate of drug-likeness (QED) is 0.832. The zero-order chi connectivity index (χ0) is 18.3. The van der Waals surface area contributed by atoms with Gasteiger partial charge in [0, 0.05) is 32.2 Å². The van der Waals surface area contributed by atoms with Gasteiger partial charge in [0.2, 0.25) is 17.7 Å². The molecule has 0 aromatic carbocycles. The van der Waals surface area contributed by atoms with Gasteiger partial charge in [0.25, 0.3) is 0 Å². The molecular formula is C18H26N4O4. The Balaban J connectivity index is 1.52. The molecule has 0 bridgehead atoms. The maximum Gasteiger partial charge on any atom is 0.248 e. The number of amides is 2. The van der Waals surface area contributed by atoms with Crippen LogP contribution in [0.1, 0.15) is 43.8 Å². The molecule has 3 fully saturated rings. The van der Waals surface area contributed by atoms with E-state index in [4.69, 9.17) is 9.26 Å². The van der Waals surface area contributed by atoms with Crippen LogP contribution in [0.15, 0.2) is 4.52 Å². The maximum absolute atomic E-state index is 12.4. The molecule has 0 unspecified atom stereocenters. The number of likely N-dealkylation sites (tertiary alicyclic amines) is 1. The molecule has 1 saturated heterocycles. The summed E-state index contributed by atoms with van der Waals surface area (Å²) in [4.78, 5) is 31.0. The third-order valence-electron chi connectivity index (χ3n) is 6.27. The van der Waals surface area contributed by atoms with Crippen LogP contribution in [0.3, 0.4) is 0 Å². The number of methoxy groups -OCH3 is 1. The summed E-state index contributed by atoms with van der Waals surface area (Å²) in [6.07, 6.45) is 4.70. The van der Waals surface area contributed by atoms with Gasteiger partial charge in [-0.3, -0.25) is 9.59 Å². The summed E-state index contributed by atoms with van der Waals surface area (Å²) >= 11 is 0. The Morgan fingerprint density at radius 1 is 1.42 bits per heavy atom. The average molecular weight is 362 g/mol. The number of aryl methyl sites for hydroxylation is 1. The van der Waals surface area contributed by atoms with E-state index in [9.17, 15) is 9.59 Å². The van der Waals surface area contributed by atoms with Gasteiger partial charge in [-0.1, -0.05) is 11.6 Å². The summed E-state index contributed by atoms with van der Waals surface area (Å²) in [7, 11) is 1.53. The lowest BCUT2D eigenvalue weighted by molar-refractivity contribution is -0.134. The lowest BCUT2D eigenvalue weighted by Gasteiger charge is -2.28. The molecule has 1 aromatic rings. The third kappa shape index (κ3) is 2.90. The highest BCUT2D eigenvalue weighted by atomic mass is 16.5. The molecule has 8 heteroatoms. The minimum Gasteiger partial charge on any atom is -0.375 e. The maximum atomic E-state index is 12.4.